The van der Waals surface area contributed by atoms with Crippen molar-refractivity contribution in [1.29, 1.82) is 0 Å². The fourth-order valence-corrected chi connectivity index (χ4v) is 2.69. The van der Waals surface area contributed by atoms with Crippen LogP contribution in [0.25, 0.3) is 0 Å². The van der Waals surface area contributed by atoms with Crippen LogP contribution >= 0.6 is 11.8 Å². The van der Waals surface area contributed by atoms with Gasteiger partial charge in [-0.1, -0.05) is 23.9 Å². The molecule has 0 fully saturated rings. The molecule has 0 radical (unpaired) electrons. The first-order chi connectivity index (χ1) is 7.63. The average molecular weight is 236 g/mol. The Morgan fingerprint density at radius 1 is 1.38 bits per heavy atom. The van der Waals surface area contributed by atoms with E-state index < -0.39 is 0 Å². The summed E-state index contributed by atoms with van der Waals surface area (Å²) in [6.45, 7) is 1.67. The Morgan fingerprint density at radius 3 is 2.50 bits per heavy atom. The molecule has 1 N–H and O–H groups in total. The molecule has 1 unspecified atom stereocenters. The van der Waals surface area contributed by atoms with Crippen molar-refractivity contribution >= 4 is 17.7 Å². The molecule has 1 aliphatic rings. The van der Waals surface area contributed by atoms with Gasteiger partial charge in [0, 0.05) is 5.57 Å². The van der Waals surface area contributed by atoms with Crippen molar-refractivity contribution in [2.75, 3.05) is 0 Å². The van der Waals surface area contributed by atoms with E-state index in [1.807, 2.05) is 0 Å². The van der Waals surface area contributed by atoms with Crippen molar-refractivity contribution in [2.45, 2.75) is 12.2 Å². The van der Waals surface area contributed by atoms with Gasteiger partial charge in [0.15, 0.2) is 0 Å². The van der Waals surface area contributed by atoms with Crippen LogP contribution in [-0.2, 0) is 4.79 Å². The van der Waals surface area contributed by atoms with Crippen molar-refractivity contribution in [1.82, 2.24) is 0 Å². The van der Waals surface area contributed by atoms with E-state index in [-0.39, 0.29) is 16.8 Å². The van der Waals surface area contributed by atoms with Gasteiger partial charge >= 0.3 is 0 Å². The van der Waals surface area contributed by atoms with Crippen LogP contribution in [0, 0.1) is 5.82 Å². The zero-order valence-corrected chi connectivity index (χ0v) is 9.34. The molecule has 1 aromatic carbocycles. The van der Waals surface area contributed by atoms with Crippen LogP contribution < -0.4 is 0 Å². The third-order valence-electron chi connectivity index (χ3n) is 2.47. The molecule has 1 aromatic rings. The number of benzene rings is 1. The highest BCUT2D eigenvalue weighted by molar-refractivity contribution is 8.04. The van der Waals surface area contributed by atoms with E-state index >= 15 is 0 Å². The number of rotatable bonds is 1. The van der Waals surface area contributed by atoms with Crippen molar-refractivity contribution in [3.8, 4) is 0 Å². The van der Waals surface area contributed by atoms with E-state index in [4.69, 9.17) is 0 Å². The number of aliphatic hydroxyl groups excluding tert-OH is 1. The minimum atomic E-state index is -0.322. The smallest absolute Gasteiger partial charge is 0.139 e. The van der Waals surface area contributed by atoms with E-state index in [0.29, 0.717) is 10.5 Å². The molecule has 1 atom stereocenters. The molecule has 0 spiro atoms. The van der Waals surface area contributed by atoms with Gasteiger partial charge < -0.3 is 5.11 Å². The molecule has 1 heterocycles. The molecule has 0 aromatic heterocycles. The normalized spacial score (nSPS) is 20.1. The number of aliphatic hydroxyl groups is 1. The van der Waals surface area contributed by atoms with Crippen molar-refractivity contribution in [3.63, 3.8) is 0 Å². The quantitative estimate of drug-likeness (QED) is 0.761. The lowest BCUT2D eigenvalue weighted by atomic mass is 10.1. The summed E-state index contributed by atoms with van der Waals surface area (Å²) in [4.78, 5) is 11.0. The van der Waals surface area contributed by atoms with E-state index in [0.717, 1.165) is 5.56 Å². The standard InChI is InChI=1S/C12H9FO2S/c1-7-10(6-14)16-12(11(7)15)8-2-4-9(13)5-3-8/h2-5,12,15H,1H3. The summed E-state index contributed by atoms with van der Waals surface area (Å²) in [6, 6.07) is 5.87. The molecular weight excluding hydrogens is 227 g/mol. The highest BCUT2D eigenvalue weighted by atomic mass is 32.2. The fraction of sp³-hybridized carbons (Fsp3) is 0.167. The summed E-state index contributed by atoms with van der Waals surface area (Å²) < 4.78 is 12.7. The SMILES string of the molecule is CC1=C(O)C(c2ccc(F)cc2)SC1=C=O. The molecule has 2 nitrogen and oxygen atoms in total. The van der Waals surface area contributed by atoms with Crippen LogP contribution in [0.4, 0.5) is 4.39 Å². The Morgan fingerprint density at radius 2 is 2.00 bits per heavy atom. The second-order valence-corrected chi connectivity index (χ2v) is 4.61. The molecule has 0 bridgehead atoms. The summed E-state index contributed by atoms with van der Waals surface area (Å²) >= 11 is 1.23. The number of allylic oxidation sites excluding steroid dienone is 1. The third-order valence-corrected chi connectivity index (χ3v) is 3.83. The zero-order chi connectivity index (χ0) is 11.7. The van der Waals surface area contributed by atoms with E-state index in [1.165, 1.54) is 23.9 Å². The van der Waals surface area contributed by atoms with Gasteiger partial charge in [-0.2, -0.15) is 0 Å². The summed E-state index contributed by atoms with van der Waals surface area (Å²) in [5.41, 5.74) is 1.32. The second-order valence-electron chi connectivity index (χ2n) is 3.49. The lowest BCUT2D eigenvalue weighted by molar-refractivity contribution is 0.393. The number of thioether (sulfide) groups is 1. The molecule has 0 saturated heterocycles. The largest absolute Gasteiger partial charge is 0.510 e. The molecular formula is C12H9FO2S. The van der Waals surface area contributed by atoms with Gasteiger partial charge in [0.05, 0.1) is 10.2 Å². The van der Waals surface area contributed by atoms with E-state index in [9.17, 15) is 14.3 Å². The van der Waals surface area contributed by atoms with Crippen LogP contribution in [0.3, 0.4) is 0 Å². The Labute approximate surface area is 96.5 Å². The Kier molecular flexibility index (Phi) is 2.86. The average Bonchev–Trinajstić information content (AvgIpc) is 2.57. The van der Waals surface area contributed by atoms with Gasteiger partial charge in [0.2, 0.25) is 0 Å². The Bertz CT molecular complexity index is 498. The molecule has 0 saturated carbocycles. The highest BCUT2D eigenvalue weighted by Gasteiger charge is 2.29. The minimum absolute atomic E-state index is 0.148. The number of hydrogen-bond acceptors (Lipinski definition) is 3. The summed E-state index contributed by atoms with van der Waals surface area (Å²) in [7, 11) is 0. The van der Waals surface area contributed by atoms with Gasteiger partial charge in [-0.3, -0.25) is 0 Å². The summed E-state index contributed by atoms with van der Waals surface area (Å²) in [6.07, 6.45) is 0. The Hall–Kier alpha value is -1.51. The Balaban J connectivity index is 2.39. The van der Waals surface area contributed by atoms with Crippen LogP contribution in [0.15, 0.2) is 40.5 Å². The van der Waals surface area contributed by atoms with Gasteiger partial charge in [-0.25, -0.2) is 9.18 Å². The maximum absolute atomic E-state index is 12.7. The predicted molar refractivity (Wildman–Crippen MR) is 61.3 cm³/mol. The van der Waals surface area contributed by atoms with Crippen molar-refractivity contribution < 1.29 is 14.3 Å². The fourth-order valence-electron chi connectivity index (χ4n) is 1.54. The molecule has 0 aliphatic carbocycles. The molecule has 2 rings (SSSR count). The maximum atomic E-state index is 12.7. The van der Waals surface area contributed by atoms with Gasteiger partial charge in [0.1, 0.15) is 17.5 Å². The highest BCUT2D eigenvalue weighted by Crippen LogP contribution is 2.48. The monoisotopic (exact) mass is 236 g/mol. The zero-order valence-electron chi connectivity index (χ0n) is 8.53. The minimum Gasteiger partial charge on any atom is -0.510 e. The predicted octanol–water partition coefficient (Wildman–Crippen LogP) is 3.16. The lowest BCUT2D eigenvalue weighted by Gasteiger charge is -2.09. The second kappa shape index (κ2) is 4.16. The lowest BCUT2D eigenvalue weighted by Crippen LogP contribution is -1.94. The summed E-state index contributed by atoms with van der Waals surface area (Å²) in [5.74, 6) is 1.62. The number of carbonyl (C=O) groups excluding carboxylic acids is 1. The maximum Gasteiger partial charge on any atom is 0.139 e. The van der Waals surface area contributed by atoms with Gasteiger partial charge in [0.25, 0.3) is 0 Å². The summed E-state index contributed by atoms with van der Waals surface area (Å²) in [5, 5.41) is 9.52. The molecule has 1 aliphatic heterocycles. The first-order valence-corrected chi connectivity index (χ1v) is 5.58. The van der Waals surface area contributed by atoms with Crippen LogP contribution in [-0.4, -0.2) is 11.0 Å². The molecule has 4 heteroatoms. The first kappa shape index (κ1) is 11.0. The van der Waals surface area contributed by atoms with Crippen LogP contribution in [0.2, 0.25) is 0 Å². The third kappa shape index (κ3) is 1.77. The van der Waals surface area contributed by atoms with E-state index in [2.05, 4.69) is 0 Å². The van der Waals surface area contributed by atoms with Crippen molar-refractivity contribution in [3.05, 3.63) is 51.9 Å². The topological polar surface area (TPSA) is 37.3 Å². The number of hydrogen-bond donors (Lipinski definition) is 1. The van der Waals surface area contributed by atoms with E-state index in [1.54, 1.807) is 25.0 Å². The molecule has 16 heavy (non-hydrogen) atoms. The molecule has 82 valence electrons. The molecule has 0 amide bonds. The first-order valence-electron chi connectivity index (χ1n) is 4.71. The van der Waals surface area contributed by atoms with Crippen LogP contribution in [0.1, 0.15) is 17.7 Å². The number of halogens is 1. The van der Waals surface area contributed by atoms with Crippen molar-refractivity contribution in [2.24, 2.45) is 0 Å². The van der Waals surface area contributed by atoms with Crippen LogP contribution in [0.5, 0.6) is 0 Å². The van der Waals surface area contributed by atoms with Gasteiger partial charge in [-0.15, -0.1) is 0 Å². The van der Waals surface area contributed by atoms with Gasteiger partial charge in [-0.05, 0) is 24.6 Å².